The number of aryl methyl sites for hydroxylation is 1. The Kier molecular flexibility index (Phi) is 5.69. The van der Waals surface area contributed by atoms with Crippen LogP contribution in [-0.2, 0) is 12.7 Å². The highest BCUT2D eigenvalue weighted by molar-refractivity contribution is 7.12. The molecule has 31 heavy (non-hydrogen) atoms. The predicted molar refractivity (Wildman–Crippen MR) is 110 cm³/mol. The van der Waals surface area contributed by atoms with E-state index in [-0.39, 0.29) is 12.4 Å². The van der Waals surface area contributed by atoms with Crippen LogP contribution < -0.4 is 15.5 Å². The maximum atomic E-state index is 13.1. The van der Waals surface area contributed by atoms with Gasteiger partial charge in [0.05, 0.1) is 6.54 Å². The van der Waals surface area contributed by atoms with E-state index in [1.54, 1.807) is 19.1 Å². The van der Waals surface area contributed by atoms with Crippen molar-refractivity contribution < 1.29 is 17.6 Å². The first-order chi connectivity index (χ1) is 14.7. The smallest absolute Gasteiger partial charge is 0.368 e. The van der Waals surface area contributed by atoms with Crippen molar-refractivity contribution in [2.24, 2.45) is 0 Å². The van der Waals surface area contributed by atoms with Gasteiger partial charge in [-0.1, -0.05) is 0 Å². The maximum Gasteiger partial charge on any atom is 0.425 e. The van der Waals surface area contributed by atoms with E-state index in [0.717, 1.165) is 11.8 Å². The van der Waals surface area contributed by atoms with Crippen LogP contribution in [0.3, 0.4) is 0 Å². The summed E-state index contributed by atoms with van der Waals surface area (Å²) in [5.74, 6) is 0.404. The van der Waals surface area contributed by atoms with Gasteiger partial charge in [0.1, 0.15) is 16.5 Å². The second-order valence-corrected chi connectivity index (χ2v) is 8.32. The molecule has 11 heteroatoms. The van der Waals surface area contributed by atoms with Gasteiger partial charge in [-0.3, -0.25) is 4.57 Å². The third-order valence-corrected chi connectivity index (χ3v) is 6.20. The number of halogens is 4. The summed E-state index contributed by atoms with van der Waals surface area (Å²) in [4.78, 5) is 24.7. The van der Waals surface area contributed by atoms with Gasteiger partial charge in [-0.15, -0.1) is 11.3 Å². The third-order valence-electron chi connectivity index (χ3n) is 5.09. The van der Waals surface area contributed by atoms with Gasteiger partial charge in [0.2, 0.25) is 5.95 Å². The zero-order valence-corrected chi connectivity index (χ0v) is 17.4. The lowest BCUT2D eigenvalue weighted by Crippen LogP contribution is -2.48. The monoisotopic (exact) mass is 453 g/mol. The number of alkyl halides is 3. The molecule has 1 aromatic carbocycles. The minimum absolute atomic E-state index is 0.00988. The topological polar surface area (TPSA) is 54.3 Å². The van der Waals surface area contributed by atoms with E-state index < -0.39 is 16.7 Å². The predicted octanol–water partition coefficient (Wildman–Crippen LogP) is 3.54. The number of benzene rings is 1. The molecule has 0 N–H and O–H groups in total. The highest BCUT2D eigenvalue weighted by atomic mass is 32.1. The summed E-state index contributed by atoms with van der Waals surface area (Å²) in [5, 5.41) is 0. The molecule has 1 fully saturated rings. The summed E-state index contributed by atoms with van der Waals surface area (Å²) in [6, 6.07) is 8.65. The van der Waals surface area contributed by atoms with Crippen LogP contribution in [0.2, 0.25) is 0 Å². The normalized spacial score (nSPS) is 14.9. The lowest BCUT2D eigenvalue weighted by Gasteiger charge is -2.36. The van der Waals surface area contributed by atoms with E-state index in [1.165, 1.54) is 22.8 Å². The molecule has 0 atom stereocenters. The minimum Gasteiger partial charge on any atom is -0.368 e. The SMILES string of the molecule is Cc1nc(N2CCN(c3ccc(F)cc3)CC2)nc(=O)n1Cc1ccc(C(F)(F)F)s1. The summed E-state index contributed by atoms with van der Waals surface area (Å²) < 4.78 is 52.8. The van der Waals surface area contributed by atoms with Crippen LogP contribution in [0.5, 0.6) is 0 Å². The molecule has 3 heterocycles. The average Bonchev–Trinajstić information content (AvgIpc) is 3.21. The number of thiophene rings is 1. The molecular weight excluding hydrogens is 434 g/mol. The van der Waals surface area contributed by atoms with Crippen LogP contribution in [-0.4, -0.2) is 40.7 Å². The highest BCUT2D eigenvalue weighted by Crippen LogP contribution is 2.34. The Morgan fingerprint density at radius 3 is 2.19 bits per heavy atom. The fraction of sp³-hybridized carbons (Fsp3) is 0.350. The van der Waals surface area contributed by atoms with Gasteiger partial charge >= 0.3 is 11.9 Å². The zero-order chi connectivity index (χ0) is 22.2. The molecule has 3 aromatic rings. The third kappa shape index (κ3) is 4.71. The zero-order valence-electron chi connectivity index (χ0n) is 16.6. The van der Waals surface area contributed by atoms with Gasteiger partial charge in [0.25, 0.3) is 0 Å². The van der Waals surface area contributed by atoms with Crippen LogP contribution in [0.1, 0.15) is 15.6 Å². The molecule has 1 saturated heterocycles. The highest BCUT2D eigenvalue weighted by Gasteiger charge is 2.32. The van der Waals surface area contributed by atoms with E-state index in [2.05, 4.69) is 14.9 Å². The van der Waals surface area contributed by atoms with Crippen molar-refractivity contribution in [1.29, 1.82) is 0 Å². The van der Waals surface area contributed by atoms with Crippen LogP contribution in [0, 0.1) is 12.7 Å². The van der Waals surface area contributed by atoms with Gasteiger partial charge in [-0.2, -0.15) is 23.1 Å². The van der Waals surface area contributed by atoms with E-state index in [4.69, 9.17) is 0 Å². The number of hydrogen-bond acceptors (Lipinski definition) is 6. The molecule has 1 aliphatic heterocycles. The number of piperazine rings is 1. The summed E-state index contributed by atoms with van der Waals surface area (Å²) in [7, 11) is 0. The Balaban J connectivity index is 1.46. The number of rotatable bonds is 4. The van der Waals surface area contributed by atoms with Gasteiger partial charge in [-0.05, 0) is 43.3 Å². The van der Waals surface area contributed by atoms with Crippen LogP contribution in [0.15, 0.2) is 41.2 Å². The molecular formula is C20H19F4N5OS. The van der Waals surface area contributed by atoms with E-state index in [9.17, 15) is 22.4 Å². The molecule has 2 aromatic heterocycles. The van der Waals surface area contributed by atoms with Gasteiger partial charge < -0.3 is 9.80 Å². The molecule has 4 rings (SSSR count). The molecule has 0 amide bonds. The Morgan fingerprint density at radius 1 is 0.968 bits per heavy atom. The Bertz CT molecular complexity index is 1120. The van der Waals surface area contributed by atoms with Crippen molar-refractivity contribution in [1.82, 2.24) is 14.5 Å². The Morgan fingerprint density at radius 2 is 1.61 bits per heavy atom. The summed E-state index contributed by atoms with van der Waals surface area (Å²) in [5.41, 5.74) is 0.369. The van der Waals surface area contributed by atoms with Crippen molar-refractivity contribution in [2.45, 2.75) is 19.6 Å². The quantitative estimate of drug-likeness (QED) is 0.566. The summed E-state index contributed by atoms with van der Waals surface area (Å²) in [6.45, 7) is 4.11. The van der Waals surface area contributed by atoms with E-state index in [0.29, 0.717) is 54.2 Å². The molecule has 0 bridgehead atoms. The van der Waals surface area contributed by atoms with Crippen molar-refractivity contribution in [2.75, 3.05) is 36.0 Å². The molecule has 0 radical (unpaired) electrons. The second kappa shape index (κ2) is 8.29. The summed E-state index contributed by atoms with van der Waals surface area (Å²) >= 11 is 0.604. The van der Waals surface area contributed by atoms with E-state index >= 15 is 0 Å². The molecule has 6 nitrogen and oxygen atoms in total. The van der Waals surface area contributed by atoms with Gasteiger partial charge in [0, 0.05) is 36.7 Å². The molecule has 0 saturated carbocycles. The maximum absolute atomic E-state index is 13.1. The molecule has 0 spiro atoms. The number of aromatic nitrogens is 3. The average molecular weight is 453 g/mol. The first kappa shape index (κ1) is 21.3. The Labute approximate surface area is 179 Å². The number of anilines is 2. The number of hydrogen-bond donors (Lipinski definition) is 0. The van der Waals surface area contributed by atoms with Crippen molar-refractivity contribution in [3.05, 3.63) is 68.3 Å². The van der Waals surface area contributed by atoms with Crippen LogP contribution in [0.25, 0.3) is 0 Å². The lowest BCUT2D eigenvalue weighted by atomic mass is 10.2. The van der Waals surface area contributed by atoms with Crippen LogP contribution in [0.4, 0.5) is 29.2 Å². The van der Waals surface area contributed by atoms with Crippen LogP contribution >= 0.6 is 11.3 Å². The van der Waals surface area contributed by atoms with E-state index in [1.807, 2.05) is 4.90 Å². The molecule has 0 unspecified atom stereocenters. The van der Waals surface area contributed by atoms with Crippen molar-refractivity contribution >= 4 is 23.0 Å². The Hall–Kier alpha value is -2.95. The molecule has 164 valence electrons. The fourth-order valence-corrected chi connectivity index (χ4v) is 4.29. The fourth-order valence-electron chi connectivity index (χ4n) is 3.43. The molecule has 1 aliphatic rings. The summed E-state index contributed by atoms with van der Waals surface area (Å²) in [6.07, 6.45) is -4.40. The van der Waals surface area contributed by atoms with Gasteiger partial charge in [0.15, 0.2) is 0 Å². The first-order valence-corrected chi connectivity index (χ1v) is 10.4. The van der Waals surface area contributed by atoms with Crippen molar-refractivity contribution in [3.8, 4) is 0 Å². The van der Waals surface area contributed by atoms with Crippen molar-refractivity contribution in [3.63, 3.8) is 0 Å². The molecule has 0 aliphatic carbocycles. The van der Waals surface area contributed by atoms with Gasteiger partial charge in [-0.25, -0.2) is 9.18 Å². The second-order valence-electron chi connectivity index (χ2n) is 7.15. The lowest BCUT2D eigenvalue weighted by molar-refractivity contribution is -0.134. The largest absolute Gasteiger partial charge is 0.425 e. The first-order valence-electron chi connectivity index (χ1n) is 9.57. The minimum atomic E-state index is -4.40. The standard InChI is InChI=1S/C20H19F4N5OS/c1-13-25-18(28-10-8-27(9-11-28)15-4-2-14(21)3-5-15)26-19(30)29(13)12-16-6-7-17(31-16)20(22,23)24/h2-7H,8-12H2,1H3. The number of nitrogens with zero attached hydrogens (tertiary/aromatic N) is 5.